The van der Waals surface area contributed by atoms with Gasteiger partial charge in [-0.15, -0.1) is 11.3 Å². The molecule has 122 valence electrons. The van der Waals surface area contributed by atoms with E-state index in [1.54, 1.807) is 23.5 Å². The SMILES string of the molecule is O=C(CSc1cccc[n+]1[O-])N1CCN(Cc2cccs2)CC1. The maximum absolute atomic E-state index is 12.3. The van der Waals surface area contributed by atoms with Crippen molar-refractivity contribution in [2.45, 2.75) is 11.6 Å². The van der Waals surface area contributed by atoms with E-state index in [0.29, 0.717) is 10.8 Å². The highest BCUT2D eigenvalue weighted by Gasteiger charge is 2.22. The van der Waals surface area contributed by atoms with E-state index < -0.39 is 0 Å². The summed E-state index contributed by atoms with van der Waals surface area (Å²) in [6.45, 7) is 4.30. The second-order valence-corrected chi connectivity index (χ2v) is 7.42. The first-order valence-electron chi connectivity index (χ1n) is 7.56. The summed E-state index contributed by atoms with van der Waals surface area (Å²) < 4.78 is 0.802. The number of amides is 1. The van der Waals surface area contributed by atoms with Crippen molar-refractivity contribution in [1.82, 2.24) is 9.80 Å². The summed E-state index contributed by atoms with van der Waals surface area (Å²) >= 11 is 3.07. The van der Waals surface area contributed by atoms with E-state index >= 15 is 0 Å². The minimum absolute atomic E-state index is 0.106. The Morgan fingerprint density at radius 1 is 1.22 bits per heavy atom. The Morgan fingerprint density at radius 2 is 2.04 bits per heavy atom. The molecular formula is C16H19N3O2S2. The molecule has 23 heavy (non-hydrogen) atoms. The molecule has 7 heteroatoms. The largest absolute Gasteiger partial charge is 0.618 e. The normalized spacial score (nSPS) is 15.7. The molecule has 0 aromatic carbocycles. The number of carbonyl (C=O) groups is 1. The quantitative estimate of drug-likeness (QED) is 0.469. The fourth-order valence-electron chi connectivity index (χ4n) is 2.53. The molecule has 1 fully saturated rings. The second-order valence-electron chi connectivity index (χ2n) is 5.39. The Labute approximate surface area is 144 Å². The molecular weight excluding hydrogens is 330 g/mol. The zero-order valence-electron chi connectivity index (χ0n) is 12.8. The van der Waals surface area contributed by atoms with Crippen LogP contribution in [0.15, 0.2) is 46.9 Å². The summed E-state index contributed by atoms with van der Waals surface area (Å²) in [5, 5.41) is 14.2. The number of pyridine rings is 1. The molecule has 3 rings (SSSR count). The van der Waals surface area contributed by atoms with Gasteiger partial charge in [-0.3, -0.25) is 9.69 Å². The van der Waals surface area contributed by atoms with Crippen LogP contribution in [0.5, 0.6) is 0 Å². The van der Waals surface area contributed by atoms with E-state index in [1.165, 1.54) is 22.8 Å². The summed E-state index contributed by atoms with van der Waals surface area (Å²) in [4.78, 5) is 17.9. The molecule has 0 bridgehead atoms. The molecule has 0 N–H and O–H groups in total. The van der Waals surface area contributed by atoms with Crippen molar-refractivity contribution in [2.75, 3.05) is 31.9 Å². The summed E-state index contributed by atoms with van der Waals surface area (Å²) in [5.41, 5.74) is 0. The van der Waals surface area contributed by atoms with Crippen LogP contribution in [-0.2, 0) is 11.3 Å². The maximum atomic E-state index is 12.3. The first-order valence-corrected chi connectivity index (χ1v) is 9.42. The van der Waals surface area contributed by atoms with Gasteiger partial charge in [-0.25, -0.2) is 0 Å². The van der Waals surface area contributed by atoms with Crippen LogP contribution in [-0.4, -0.2) is 47.6 Å². The molecule has 0 spiro atoms. The van der Waals surface area contributed by atoms with Crippen LogP contribution in [0.2, 0.25) is 0 Å². The fourth-order valence-corrected chi connectivity index (χ4v) is 4.09. The minimum atomic E-state index is 0.106. The number of aromatic nitrogens is 1. The van der Waals surface area contributed by atoms with Crippen LogP contribution >= 0.6 is 23.1 Å². The Hall–Kier alpha value is -1.57. The lowest BCUT2D eigenvalue weighted by molar-refractivity contribution is -0.645. The van der Waals surface area contributed by atoms with Crippen LogP contribution in [0.4, 0.5) is 0 Å². The highest BCUT2D eigenvalue weighted by molar-refractivity contribution is 7.99. The van der Waals surface area contributed by atoms with Gasteiger partial charge in [-0.05, 0) is 29.3 Å². The maximum Gasteiger partial charge on any atom is 0.251 e. The van der Waals surface area contributed by atoms with Gasteiger partial charge < -0.3 is 10.1 Å². The Kier molecular flexibility index (Phi) is 5.53. The van der Waals surface area contributed by atoms with E-state index in [4.69, 9.17) is 0 Å². The van der Waals surface area contributed by atoms with E-state index in [-0.39, 0.29) is 5.91 Å². The van der Waals surface area contributed by atoms with E-state index in [0.717, 1.165) is 37.5 Å². The van der Waals surface area contributed by atoms with Crippen LogP contribution in [0, 0.1) is 5.21 Å². The number of hydrogen-bond acceptors (Lipinski definition) is 5. The molecule has 3 heterocycles. The number of rotatable bonds is 5. The molecule has 1 saturated heterocycles. The van der Waals surface area contributed by atoms with Crippen molar-refractivity contribution in [3.8, 4) is 0 Å². The van der Waals surface area contributed by atoms with Gasteiger partial charge in [0.2, 0.25) is 5.91 Å². The second kappa shape index (κ2) is 7.81. The van der Waals surface area contributed by atoms with Gasteiger partial charge in [-0.1, -0.05) is 6.07 Å². The first-order chi connectivity index (χ1) is 11.2. The monoisotopic (exact) mass is 349 g/mol. The van der Waals surface area contributed by atoms with Crippen LogP contribution in [0.1, 0.15) is 4.88 Å². The van der Waals surface area contributed by atoms with Crippen molar-refractivity contribution in [3.05, 3.63) is 52.0 Å². The minimum Gasteiger partial charge on any atom is -0.618 e. The van der Waals surface area contributed by atoms with Gasteiger partial charge in [-0.2, -0.15) is 4.73 Å². The molecule has 0 saturated carbocycles. The van der Waals surface area contributed by atoms with Crippen molar-refractivity contribution < 1.29 is 9.52 Å². The average molecular weight is 349 g/mol. The van der Waals surface area contributed by atoms with Crippen molar-refractivity contribution in [2.24, 2.45) is 0 Å². The molecule has 0 radical (unpaired) electrons. The highest BCUT2D eigenvalue weighted by Crippen LogP contribution is 2.16. The van der Waals surface area contributed by atoms with Crippen LogP contribution < -0.4 is 4.73 Å². The van der Waals surface area contributed by atoms with Gasteiger partial charge in [0.25, 0.3) is 5.03 Å². The summed E-state index contributed by atoms with van der Waals surface area (Å²) in [6.07, 6.45) is 1.45. The number of piperazine rings is 1. The summed E-state index contributed by atoms with van der Waals surface area (Å²) in [6, 6.07) is 9.46. The number of thiophene rings is 1. The topological polar surface area (TPSA) is 50.5 Å². The fraction of sp³-hybridized carbons (Fsp3) is 0.375. The zero-order chi connectivity index (χ0) is 16.1. The van der Waals surface area contributed by atoms with Gasteiger partial charge in [0.05, 0.1) is 5.75 Å². The van der Waals surface area contributed by atoms with E-state index in [2.05, 4.69) is 22.4 Å². The van der Waals surface area contributed by atoms with E-state index in [1.807, 2.05) is 11.0 Å². The standard InChI is InChI=1S/C16H19N3O2S2/c20-15(13-23-16-5-1-2-6-19(16)21)18-9-7-17(8-10-18)12-14-4-3-11-22-14/h1-6,11H,7-10,12-13H2. The molecule has 2 aromatic rings. The number of carbonyl (C=O) groups excluding carboxylic acids is 1. The summed E-state index contributed by atoms with van der Waals surface area (Å²) in [5.74, 6) is 0.423. The number of nitrogens with zero attached hydrogens (tertiary/aromatic N) is 3. The van der Waals surface area contributed by atoms with Crippen molar-refractivity contribution >= 4 is 29.0 Å². The molecule has 0 unspecified atom stereocenters. The predicted octanol–water partition coefficient (Wildman–Crippen LogP) is 1.82. The van der Waals surface area contributed by atoms with Crippen molar-refractivity contribution in [1.29, 1.82) is 0 Å². The zero-order valence-corrected chi connectivity index (χ0v) is 14.4. The van der Waals surface area contributed by atoms with Gasteiger partial charge in [0.15, 0.2) is 6.20 Å². The average Bonchev–Trinajstić information content (AvgIpc) is 3.07. The molecule has 2 aromatic heterocycles. The Balaban J connectivity index is 1.44. The Bertz CT molecular complexity index is 641. The smallest absolute Gasteiger partial charge is 0.251 e. The first kappa shape index (κ1) is 16.3. The summed E-state index contributed by atoms with van der Waals surface area (Å²) in [7, 11) is 0. The van der Waals surface area contributed by atoms with Gasteiger partial charge in [0, 0.05) is 49.7 Å². The van der Waals surface area contributed by atoms with Gasteiger partial charge in [0.1, 0.15) is 0 Å². The van der Waals surface area contributed by atoms with Crippen LogP contribution in [0.3, 0.4) is 0 Å². The highest BCUT2D eigenvalue weighted by atomic mass is 32.2. The third-order valence-electron chi connectivity index (χ3n) is 3.82. The molecule has 1 aliphatic rings. The molecule has 0 aliphatic carbocycles. The molecule has 0 atom stereocenters. The molecule has 5 nitrogen and oxygen atoms in total. The Morgan fingerprint density at radius 3 is 2.74 bits per heavy atom. The van der Waals surface area contributed by atoms with E-state index in [9.17, 15) is 10.0 Å². The lowest BCUT2D eigenvalue weighted by Gasteiger charge is -2.34. The third-order valence-corrected chi connectivity index (χ3v) is 5.68. The third kappa shape index (κ3) is 4.46. The predicted molar refractivity (Wildman–Crippen MR) is 92.3 cm³/mol. The van der Waals surface area contributed by atoms with Crippen LogP contribution in [0.25, 0.3) is 0 Å². The lowest BCUT2D eigenvalue weighted by Crippen LogP contribution is -2.48. The lowest BCUT2D eigenvalue weighted by atomic mass is 10.3. The number of hydrogen-bond donors (Lipinski definition) is 0. The number of thioether (sulfide) groups is 1. The van der Waals surface area contributed by atoms with Crippen molar-refractivity contribution in [3.63, 3.8) is 0 Å². The molecule has 1 aliphatic heterocycles. The van der Waals surface area contributed by atoms with Gasteiger partial charge >= 0.3 is 0 Å². The molecule has 1 amide bonds.